The highest BCUT2D eigenvalue weighted by Gasteiger charge is 2.25. The smallest absolute Gasteiger partial charge is 0.238 e. The molecule has 0 spiro atoms. The van der Waals surface area contributed by atoms with Gasteiger partial charge < -0.3 is 4.40 Å². The maximum Gasteiger partial charge on any atom is 0.238 e. The summed E-state index contributed by atoms with van der Waals surface area (Å²) in [6.07, 6.45) is 0. The van der Waals surface area contributed by atoms with E-state index in [9.17, 15) is 0 Å². The fraction of sp³-hybridized carbons (Fsp3) is 0. The zero-order chi connectivity index (χ0) is 35.3. The van der Waals surface area contributed by atoms with Crippen LogP contribution in [0.3, 0.4) is 0 Å². The molecule has 0 N–H and O–H groups in total. The summed E-state index contributed by atoms with van der Waals surface area (Å²) in [6.45, 7) is 0. The monoisotopic (exact) mass is 687 g/mol. The van der Waals surface area contributed by atoms with E-state index in [-0.39, 0.29) is 0 Å². The van der Waals surface area contributed by atoms with E-state index < -0.39 is 0 Å². The summed E-state index contributed by atoms with van der Waals surface area (Å²) in [5.41, 5.74) is 9.83. The lowest BCUT2D eigenvalue weighted by Gasteiger charge is -2.12. The molecule has 0 saturated carbocycles. The van der Waals surface area contributed by atoms with E-state index in [1.807, 2.05) is 24.3 Å². The van der Waals surface area contributed by atoms with Gasteiger partial charge in [-0.2, -0.15) is 9.97 Å². The van der Waals surface area contributed by atoms with Crippen molar-refractivity contribution in [3.63, 3.8) is 0 Å². The summed E-state index contributed by atoms with van der Waals surface area (Å²) in [7, 11) is 0. The second kappa shape index (κ2) is 11.1. The van der Waals surface area contributed by atoms with Crippen LogP contribution in [-0.2, 0) is 0 Å². The van der Waals surface area contributed by atoms with Crippen molar-refractivity contribution < 1.29 is 0 Å². The average molecular weight is 688 g/mol. The van der Waals surface area contributed by atoms with Crippen molar-refractivity contribution in [1.29, 1.82) is 0 Å². The topological polar surface area (TPSA) is 48.0 Å². The second-order valence-corrected chi connectivity index (χ2v) is 14.0. The molecule has 5 nitrogen and oxygen atoms in total. The van der Waals surface area contributed by atoms with Crippen LogP contribution >= 0.6 is 0 Å². The molecule has 0 radical (unpaired) electrons. The summed E-state index contributed by atoms with van der Waals surface area (Å²) < 4.78 is 4.74. The van der Waals surface area contributed by atoms with Gasteiger partial charge in [-0.05, 0) is 57.6 Å². The Kier molecular flexibility index (Phi) is 5.99. The van der Waals surface area contributed by atoms with Gasteiger partial charge in [0.15, 0.2) is 11.6 Å². The van der Waals surface area contributed by atoms with E-state index in [4.69, 9.17) is 15.0 Å². The molecule has 0 fully saturated rings. The van der Waals surface area contributed by atoms with E-state index in [0.29, 0.717) is 17.6 Å². The molecule has 4 aromatic heterocycles. The summed E-state index contributed by atoms with van der Waals surface area (Å²) in [6, 6.07) is 62.4. The minimum absolute atomic E-state index is 0.586. The van der Waals surface area contributed by atoms with Crippen LogP contribution in [-0.4, -0.2) is 23.9 Å². The molecule has 0 amide bonds. The molecule has 0 saturated heterocycles. The maximum atomic E-state index is 5.32. The Balaban J connectivity index is 1.23. The van der Waals surface area contributed by atoms with E-state index in [0.717, 1.165) is 33.3 Å². The van der Waals surface area contributed by atoms with Crippen LogP contribution in [0.1, 0.15) is 0 Å². The highest BCUT2D eigenvalue weighted by molar-refractivity contribution is 6.35. The van der Waals surface area contributed by atoms with E-state index in [2.05, 4.69) is 161 Å². The number of para-hydroxylation sites is 1. The zero-order valence-corrected chi connectivity index (χ0v) is 29.0. The Hall–Kier alpha value is -7.37. The van der Waals surface area contributed by atoms with Crippen LogP contribution < -0.4 is 0 Å². The van der Waals surface area contributed by atoms with Crippen LogP contribution in [0.4, 0.5) is 0 Å². The van der Waals surface area contributed by atoms with Gasteiger partial charge in [-0.3, -0.25) is 4.57 Å². The van der Waals surface area contributed by atoms with Crippen LogP contribution in [0.5, 0.6) is 0 Å². The predicted molar refractivity (Wildman–Crippen MR) is 223 cm³/mol. The number of aromatic nitrogens is 5. The van der Waals surface area contributed by atoms with Gasteiger partial charge in [-0.25, -0.2) is 4.98 Å². The quantitative estimate of drug-likeness (QED) is 0.185. The zero-order valence-electron chi connectivity index (χ0n) is 29.0. The summed E-state index contributed by atoms with van der Waals surface area (Å²) in [5, 5.41) is 9.79. The summed E-state index contributed by atoms with van der Waals surface area (Å²) >= 11 is 0. The largest absolute Gasteiger partial charge is 0.308 e. The molecule has 12 rings (SSSR count). The van der Waals surface area contributed by atoms with Gasteiger partial charge in [0.25, 0.3) is 0 Å². The van der Waals surface area contributed by atoms with E-state index >= 15 is 0 Å². The molecule has 0 aliphatic heterocycles. The third-order valence-electron chi connectivity index (χ3n) is 11.1. The fourth-order valence-electron chi connectivity index (χ4n) is 8.78. The lowest BCUT2D eigenvalue weighted by atomic mass is 10.0. The minimum atomic E-state index is 0.586. The Bertz CT molecular complexity index is 3430. The van der Waals surface area contributed by atoms with Crippen molar-refractivity contribution in [3.8, 4) is 39.9 Å². The molecule has 54 heavy (non-hydrogen) atoms. The first kappa shape index (κ1) is 29.2. The van der Waals surface area contributed by atoms with Crippen LogP contribution in [0.2, 0.25) is 0 Å². The van der Waals surface area contributed by atoms with Crippen LogP contribution in [0.25, 0.3) is 111 Å². The van der Waals surface area contributed by atoms with Crippen molar-refractivity contribution in [1.82, 2.24) is 23.9 Å². The highest BCUT2D eigenvalue weighted by Crippen LogP contribution is 2.46. The number of hydrogen-bond donors (Lipinski definition) is 0. The highest BCUT2D eigenvalue weighted by atomic mass is 15.2. The number of benzene rings is 8. The predicted octanol–water partition coefficient (Wildman–Crippen LogP) is 12.3. The summed E-state index contributed by atoms with van der Waals surface area (Å²) in [4.78, 5) is 15.7. The van der Waals surface area contributed by atoms with Crippen molar-refractivity contribution in [2.45, 2.75) is 0 Å². The minimum Gasteiger partial charge on any atom is -0.308 e. The molecule has 12 aromatic rings. The van der Waals surface area contributed by atoms with Gasteiger partial charge in [0.05, 0.1) is 27.6 Å². The standard InChI is InChI=1S/C49H29N5/c1-3-13-30(14-4-1)33-18-11-19-34(29-33)48-50-47(32-16-5-2-6-17-32)51-49(52-48)54-40-24-12-22-37-36-21-9-10-23-39(36)53-41-27-25-31-15-7-8-20-35(31)43(41)38-26-28-42(54)45(44(37)40)46(38)53/h1-29H. The van der Waals surface area contributed by atoms with Crippen LogP contribution in [0, 0.1) is 0 Å². The molecule has 0 atom stereocenters. The van der Waals surface area contributed by atoms with Crippen molar-refractivity contribution in [2.24, 2.45) is 0 Å². The Labute approximate surface area is 309 Å². The number of hydrogen-bond acceptors (Lipinski definition) is 3. The normalized spacial score (nSPS) is 12.1. The van der Waals surface area contributed by atoms with E-state index in [1.54, 1.807) is 0 Å². The summed E-state index contributed by atoms with van der Waals surface area (Å²) in [5.74, 6) is 1.84. The lowest BCUT2D eigenvalue weighted by molar-refractivity contribution is 0.954. The maximum absolute atomic E-state index is 5.32. The first-order valence-corrected chi connectivity index (χ1v) is 18.3. The average Bonchev–Trinajstić information content (AvgIpc) is 3.73. The van der Waals surface area contributed by atoms with Crippen LogP contribution in [0.15, 0.2) is 176 Å². The van der Waals surface area contributed by atoms with Gasteiger partial charge in [0.2, 0.25) is 5.95 Å². The molecule has 0 bridgehead atoms. The van der Waals surface area contributed by atoms with Crippen molar-refractivity contribution >= 4 is 70.7 Å². The SMILES string of the molecule is c1ccc(-c2cccc(-c3nc(-c4ccccc4)nc(-n4c5cccc6c7ccccc7n7c8ccc9ccccc9c8c8ccc4c(c65)c87)n3)c2)cc1. The molecular weight excluding hydrogens is 659 g/mol. The molecule has 0 unspecified atom stereocenters. The second-order valence-electron chi connectivity index (χ2n) is 14.0. The Morgan fingerprint density at radius 2 is 0.944 bits per heavy atom. The fourth-order valence-corrected chi connectivity index (χ4v) is 8.78. The number of fused-ring (bicyclic) bond motifs is 8. The Morgan fingerprint density at radius 1 is 0.333 bits per heavy atom. The van der Waals surface area contributed by atoms with Gasteiger partial charge >= 0.3 is 0 Å². The van der Waals surface area contributed by atoms with Crippen molar-refractivity contribution in [2.75, 3.05) is 0 Å². The molecule has 0 aliphatic carbocycles. The molecular formula is C49H29N5. The lowest BCUT2D eigenvalue weighted by Crippen LogP contribution is -2.06. The van der Waals surface area contributed by atoms with Crippen molar-refractivity contribution in [3.05, 3.63) is 176 Å². The number of nitrogens with zero attached hydrogens (tertiary/aromatic N) is 5. The molecule has 250 valence electrons. The molecule has 0 aliphatic rings. The molecule has 5 heteroatoms. The third-order valence-corrected chi connectivity index (χ3v) is 11.1. The number of rotatable bonds is 4. The first-order chi connectivity index (χ1) is 26.8. The third kappa shape index (κ3) is 4.06. The first-order valence-electron chi connectivity index (χ1n) is 18.3. The van der Waals surface area contributed by atoms with Gasteiger partial charge in [0, 0.05) is 38.1 Å². The molecule has 8 aromatic carbocycles. The van der Waals surface area contributed by atoms with Gasteiger partial charge in [-0.1, -0.05) is 146 Å². The van der Waals surface area contributed by atoms with Gasteiger partial charge in [0.1, 0.15) is 0 Å². The molecule has 4 heterocycles. The van der Waals surface area contributed by atoms with E-state index in [1.165, 1.54) is 59.6 Å². The van der Waals surface area contributed by atoms with Gasteiger partial charge in [-0.15, -0.1) is 0 Å². The Morgan fingerprint density at radius 3 is 1.80 bits per heavy atom.